The van der Waals surface area contributed by atoms with E-state index in [-0.39, 0.29) is 29.4 Å². The van der Waals surface area contributed by atoms with E-state index in [0.29, 0.717) is 23.6 Å². The monoisotopic (exact) mass is 438 g/mol. The van der Waals surface area contributed by atoms with Gasteiger partial charge in [-0.25, -0.2) is 4.98 Å². The van der Waals surface area contributed by atoms with Gasteiger partial charge in [-0.15, -0.1) is 0 Å². The Hall–Kier alpha value is -2.99. The number of carbonyl (C=O) groups excluding carboxylic acids is 1. The fourth-order valence-corrected chi connectivity index (χ4v) is 3.50. The molecule has 1 amide bonds. The highest BCUT2D eigenvalue weighted by Crippen LogP contribution is 2.29. The maximum Gasteiger partial charge on any atom is 0.422 e. The number of nitrogens with one attached hydrogen (secondary N) is 1. The number of aromatic nitrogens is 1. The summed E-state index contributed by atoms with van der Waals surface area (Å²) in [5, 5.41) is 12.3. The second kappa shape index (κ2) is 8.79. The van der Waals surface area contributed by atoms with Gasteiger partial charge in [0.05, 0.1) is 22.2 Å². The van der Waals surface area contributed by atoms with E-state index < -0.39 is 12.8 Å². The van der Waals surface area contributed by atoms with Crippen molar-refractivity contribution in [3.8, 4) is 11.9 Å². The summed E-state index contributed by atoms with van der Waals surface area (Å²) in [6, 6.07) is 9.64. The molecule has 1 fully saturated rings. The molecule has 1 aromatic heterocycles. The van der Waals surface area contributed by atoms with Crippen LogP contribution in [0.3, 0.4) is 0 Å². The Balaban J connectivity index is 1.61. The highest BCUT2D eigenvalue weighted by molar-refractivity contribution is 6.32. The summed E-state index contributed by atoms with van der Waals surface area (Å²) in [6.45, 7) is 1.22. The van der Waals surface area contributed by atoms with Crippen LogP contribution in [0.4, 0.5) is 18.9 Å². The van der Waals surface area contributed by atoms with Crippen molar-refractivity contribution in [2.45, 2.75) is 31.6 Å². The lowest BCUT2D eigenvalue weighted by Crippen LogP contribution is -2.43. The first-order valence-corrected chi connectivity index (χ1v) is 9.48. The molecule has 1 N–H and O–H groups in total. The van der Waals surface area contributed by atoms with E-state index in [2.05, 4.69) is 19.9 Å². The highest BCUT2D eigenvalue weighted by Gasteiger charge is 2.32. The van der Waals surface area contributed by atoms with Crippen LogP contribution in [0, 0.1) is 11.3 Å². The van der Waals surface area contributed by atoms with Gasteiger partial charge in [-0.2, -0.15) is 18.4 Å². The van der Waals surface area contributed by atoms with E-state index in [9.17, 15) is 18.0 Å². The fraction of sp³-hybridized carbons (Fsp3) is 0.350. The third-order valence-corrected chi connectivity index (χ3v) is 5.17. The number of rotatable bonds is 5. The van der Waals surface area contributed by atoms with Crippen LogP contribution in [0.25, 0.3) is 0 Å². The molecule has 30 heavy (non-hydrogen) atoms. The molecule has 2 aromatic rings. The molecule has 158 valence electrons. The lowest BCUT2D eigenvalue weighted by molar-refractivity contribution is -0.154. The summed E-state index contributed by atoms with van der Waals surface area (Å²) in [5.74, 6) is -0.580. The third kappa shape index (κ3) is 5.13. The summed E-state index contributed by atoms with van der Waals surface area (Å²) >= 11 is 6.12. The van der Waals surface area contributed by atoms with Crippen LogP contribution in [-0.4, -0.2) is 42.3 Å². The number of carbonyl (C=O) groups is 1. The lowest BCUT2D eigenvalue weighted by Gasteiger charge is -2.27. The van der Waals surface area contributed by atoms with Crippen LogP contribution in [-0.2, 0) is 0 Å². The molecule has 0 unspecified atom stereocenters. The number of halogens is 4. The Morgan fingerprint density at radius 1 is 1.40 bits per heavy atom. The minimum atomic E-state index is -4.46. The van der Waals surface area contributed by atoms with Gasteiger partial charge in [0.2, 0.25) is 5.88 Å². The van der Waals surface area contributed by atoms with E-state index >= 15 is 0 Å². The van der Waals surface area contributed by atoms with Crippen molar-refractivity contribution in [3.63, 3.8) is 0 Å². The van der Waals surface area contributed by atoms with Crippen molar-refractivity contribution < 1.29 is 22.7 Å². The van der Waals surface area contributed by atoms with Gasteiger partial charge in [0.1, 0.15) is 6.07 Å². The van der Waals surface area contributed by atoms with Gasteiger partial charge in [0, 0.05) is 30.5 Å². The molecule has 0 bridgehead atoms. The van der Waals surface area contributed by atoms with Gasteiger partial charge >= 0.3 is 6.18 Å². The van der Waals surface area contributed by atoms with Crippen molar-refractivity contribution in [3.05, 3.63) is 52.7 Å². The van der Waals surface area contributed by atoms with E-state index in [4.69, 9.17) is 16.9 Å². The number of pyridine rings is 1. The van der Waals surface area contributed by atoms with Crippen molar-refractivity contribution in [2.24, 2.45) is 0 Å². The molecular formula is C20H18ClF3N4O2. The molecule has 3 rings (SSSR count). The minimum Gasteiger partial charge on any atom is -0.468 e. The van der Waals surface area contributed by atoms with Crippen LogP contribution in [0.5, 0.6) is 5.88 Å². The number of nitriles is 1. The summed E-state index contributed by atoms with van der Waals surface area (Å²) in [5.41, 5.74) is 1.48. The third-order valence-electron chi connectivity index (χ3n) is 4.86. The quantitative estimate of drug-likeness (QED) is 0.765. The SMILES string of the molecule is C[C@H]1[C@H](NC(=O)c2ccc(OCC(F)(F)F)nc2)CCN1c1ccc(C#N)c(Cl)c1. The van der Waals surface area contributed by atoms with Crippen molar-refractivity contribution in [2.75, 3.05) is 18.1 Å². The van der Waals surface area contributed by atoms with Gasteiger partial charge in [-0.05, 0) is 37.6 Å². The molecule has 0 saturated carbocycles. The number of amides is 1. The van der Waals surface area contributed by atoms with Crippen LogP contribution in [0.15, 0.2) is 36.5 Å². The zero-order chi connectivity index (χ0) is 21.9. The largest absolute Gasteiger partial charge is 0.468 e. The number of hydrogen-bond acceptors (Lipinski definition) is 5. The molecule has 6 nitrogen and oxygen atoms in total. The molecule has 10 heteroatoms. The first kappa shape index (κ1) is 21.7. The topological polar surface area (TPSA) is 78.2 Å². The number of hydrogen-bond donors (Lipinski definition) is 1. The Bertz CT molecular complexity index is 960. The van der Waals surface area contributed by atoms with Crippen molar-refractivity contribution in [1.82, 2.24) is 10.3 Å². The van der Waals surface area contributed by atoms with Crippen LogP contribution in [0.2, 0.25) is 5.02 Å². The highest BCUT2D eigenvalue weighted by atomic mass is 35.5. The van der Waals surface area contributed by atoms with Crippen molar-refractivity contribution in [1.29, 1.82) is 5.26 Å². The molecule has 1 aromatic carbocycles. The lowest BCUT2D eigenvalue weighted by atomic mass is 10.1. The van der Waals surface area contributed by atoms with E-state index in [0.717, 1.165) is 5.69 Å². The Kier molecular flexibility index (Phi) is 6.37. The molecule has 1 aliphatic rings. The second-order valence-corrected chi connectivity index (χ2v) is 7.27. The first-order valence-electron chi connectivity index (χ1n) is 9.10. The Morgan fingerprint density at radius 2 is 2.17 bits per heavy atom. The maximum atomic E-state index is 12.5. The van der Waals surface area contributed by atoms with Gasteiger partial charge < -0.3 is 15.0 Å². The van der Waals surface area contributed by atoms with Crippen LogP contribution in [0.1, 0.15) is 29.3 Å². The van der Waals surface area contributed by atoms with Gasteiger partial charge in [-0.1, -0.05) is 11.6 Å². The average Bonchev–Trinajstić information content (AvgIpc) is 3.06. The minimum absolute atomic E-state index is 0.0275. The number of benzene rings is 1. The van der Waals surface area contributed by atoms with Crippen LogP contribution < -0.4 is 15.0 Å². The van der Waals surface area contributed by atoms with E-state index in [1.54, 1.807) is 12.1 Å². The summed E-state index contributed by atoms with van der Waals surface area (Å²) in [6.07, 6.45) is -2.58. The second-order valence-electron chi connectivity index (χ2n) is 6.87. The summed E-state index contributed by atoms with van der Waals surface area (Å²) in [4.78, 5) is 18.3. The van der Waals surface area contributed by atoms with Crippen molar-refractivity contribution >= 4 is 23.2 Å². The normalized spacial score (nSPS) is 18.7. The molecule has 0 spiro atoms. The molecule has 2 atom stereocenters. The van der Waals surface area contributed by atoms with Crippen LogP contribution >= 0.6 is 11.6 Å². The number of ether oxygens (including phenoxy) is 1. The predicted octanol–water partition coefficient (Wildman–Crippen LogP) is 3.94. The number of anilines is 1. The van der Waals surface area contributed by atoms with Gasteiger partial charge in [0.25, 0.3) is 5.91 Å². The molecular weight excluding hydrogens is 421 g/mol. The standard InChI is InChI=1S/C20H18ClF3N4O2/c1-12-17(6-7-28(12)15-4-2-13(9-25)16(21)8-15)27-19(29)14-3-5-18(26-10-14)30-11-20(22,23)24/h2-5,8,10,12,17H,6-7,11H2,1H3,(H,27,29)/t12-,17+/m0/s1. The Morgan fingerprint density at radius 3 is 2.77 bits per heavy atom. The summed E-state index contributed by atoms with van der Waals surface area (Å²) in [7, 11) is 0. The zero-order valence-corrected chi connectivity index (χ0v) is 16.7. The zero-order valence-electron chi connectivity index (χ0n) is 15.9. The van der Waals surface area contributed by atoms with E-state index in [1.165, 1.54) is 18.3 Å². The average molecular weight is 439 g/mol. The molecule has 1 aliphatic heterocycles. The molecule has 0 radical (unpaired) electrons. The maximum absolute atomic E-state index is 12.5. The number of alkyl halides is 3. The number of nitrogens with zero attached hydrogens (tertiary/aromatic N) is 3. The fourth-order valence-electron chi connectivity index (χ4n) is 3.28. The Labute approximate surface area is 176 Å². The summed E-state index contributed by atoms with van der Waals surface area (Å²) < 4.78 is 41.1. The smallest absolute Gasteiger partial charge is 0.422 e. The van der Waals surface area contributed by atoms with Gasteiger partial charge in [-0.3, -0.25) is 4.79 Å². The van der Waals surface area contributed by atoms with Gasteiger partial charge in [0.15, 0.2) is 6.61 Å². The molecule has 1 saturated heterocycles. The first-order chi connectivity index (χ1) is 14.2. The molecule has 2 heterocycles. The van der Waals surface area contributed by atoms with E-state index in [1.807, 2.05) is 19.1 Å². The molecule has 0 aliphatic carbocycles. The predicted molar refractivity (Wildman–Crippen MR) is 105 cm³/mol.